The summed E-state index contributed by atoms with van der Waals surface area (Å²) in [6.45, 7) is 5.01. The molecule has 120 valence electrons. The van der Waals surface area contributed by atoms with Gasteiger partial charge in [-0.2, -0.15) is 10.2 Å². The second-order valence-corrected chi connectivity index (χ2v) is 7.05. The number of aryl methyl sites for hydroxylation is 3. The van der Waals surface area contributed by atoms with Crippen molar-refractivity contribution < 1.29 is 13.2 Å². The zero-order valence-corrected chi connectivity index (χ0v) is 13.6. The van der Waals surface area contributed by atoms with Crippen LogP contribution in [0.2, 0.25) is 0 Å². The van der Waals surface area contributed by atoms with Crippen LogP contribution in [-0.4, -0.2) is 34.6 Å². The maximum atomic E-state index is 12.5. The molecule has 0 radical (unpaired) electrons. The number of hydrogen-bond donors (Lipinski definition) is 1. The Hall–Kier alpha value is -1.87. The van der Waals surface area contributed by atoms with E-state index in [4.69, 9.17) is 4.74 Å². The van der Waals surface area contributed by atoms with Gasteiger partial charge in [-0.1, -0.05) is 0 Å². The lowest BCUT2D eigenvalue weighted by atomic mass is 10.4. The van der Waals surface area contributed by atoms with Gasteiger partial charge in [0, 0.05) is 26.1 Å². The first kappa shape index (κ1) is 15.0. The fourth-order valence-electron chi connectivity index (χ4n) is 2.59. The molecular weight excluding hydrogens is 306 g/mol. The van der Waals surface area contributed by atoms with Crippen LogP contribution in [0.25, 0.3) is 0 Å². The predicted octanol–water partition coefficient (Wildman–Crippen LogP) is 0.494. The first-order valence-corrected chi connectivity index (χ1v) is 8.56. The zero-order valence-electron chi connectivity index (χ0n) is 12.8. The molecule has 8 nitrogen and oxygen atoms in total. The van der Waals surface area contributed by atoms with Gasteiger partial charge < -0.3 is 4.74 Å². The number of nitrogens with zero attached hydrogens (tertiary/aromatic N) is 4. The lowest BCUT2D eigenvalue weighted by molar-refractivity contribution is 0.230. The molecule has 3 heterocycles. The highest BCUT2D eigenvalue weighted by atomic mass is 32.2. The molecule has 0 saturated carbocycles. The van der Waals surface area contributed by atoms with Crippen molar-refractivity contribution in [3.8, 4) is 5.88 Å². The summed E-state index contributed by atoms with van der Waals surface area (Å²) in [5.41, 5.74) is 1.73. The van der Waals surface area contributed by atoms with Crippen LogP contribution in [0.1, 0.15) is 23.5 Å². The van der Waals surface area contributed by atoms with Crippen LogP contribution in [0, 0.1) is 13.8 Å². The van der Waals surface area contributed by atoms with Crippen molar-refractivity contribution >= 4 is 10.0 Å². The molecular formula is C13H19N5O3S. The van der Waals surface area contributed by atoms with Gasteiger partial charge in [0.2, 0.25) is 15.9 Å². The zero-order chi connectivity index (χ0) is 15.9. The Morgan fingerprint density at radius 2 is 2.14 bits per heavy atom. The summed E-state index contributed by atoms with van der Waals surface area (Å²) in [6, 6.07) is 1.77. The number of rotatable bonds is 4. The van der Waals surface area contributed by atoms with Gasteiger partial charge in [0.1, 0.15) is 4.90 Å². The van der Waals surface area contributed by atoms with E-state index in [0.29, 0.717) is 29.6 Å². The van der Waals surface area contributed by atoms with E-state index >= 15 is 0 Å². The van der Waals surface area contributed by atoms with Gasteiger partial charge in [-0.25, -0.2) is 17.8 Å². The minimum atomic E-state index is -3.62. The van der Waals surface area contributed by atoms with Crippen LogP contribution >= 0.6 is 0 Å². The van der Waals surface area contributed by atoms with Crippen LogP contribution < -0.4 is 9.46 Å². The molecule has 1 aliphatic heterocycles. The molecule has 1 aliphatic rings. The van der Waals surface area contributed by atoms with E-state index in [1.165, 1.54) is 0 Å². The minimum Gasteiger partial charge on any atom is -0.478 e. The minimum absolute atomic E-state index is 0.124. The Kier molecular flexibility index (Phi) is 3.69. The average Bonchev–Trinajstić information content (AvgIpc) is 2.98. The fourth-order valence-corrected chi connectivity index (χ4v) is 4.02. The maximum Gasteiger partial charge on any atom is 0.244 e. The molecule has 1 N–H and O–H groups in total. The normalized spacial score (nSPS) is 14.7. The van der Waals surface area contributed by atoms with Gasteiger partial charge in [-0.3, -0.25) is 4.68 Å². The summed E-state index contributed by atoms with van der Waals surface area (Å²) >= 11 is 0. The monoisotopic (exact) mass is 325 g/mol. The molecule has 0 amide bonds. The first-order valence-electron chi connectivity index (χ1n) is 7.08. The van der Waals surface area contributed by atoms with Crippen molar-refractivity contribution in [2.75, 3.05) is 6.61 Å². The summed E-state index contributed by atoms with van der Waals surface area (Å²) in [6.07, 6.45) is 0.911. The molecule has 22 heavy (non-hydrogen) atoms. The molecule has 0 unspecified atom stereocenters. The largest absolute Gasteiger partial charge is 0.478 e. The summed E-state index contributed by atoms with van der Waals surface area (Å²) in [4.78, 5) is 0.232. The number of nitrogens with one attached hydrogen (secondary N) is 1. The Balaban J connectivity index is 1.79. The molecule has 0 atom stereocenters. The highest BCUT2D eigenvalue weighted by Crippen LogP contribution is 2.20. The second-order valence-electron chi connectivity index (χ2n) is 5.35. The molecule has 9 heteroatoms. The quantitative estimate of drug-likeness (QED) is 0.883. The Labute approximate surface area is 129 Å². The Morgan fingerprint density at radius 1 is 1.36 bits per heavy atom. The molecule has 0 aliphatic carbocycles. The van der Waals surface area contributed by atoms with E-state index in [9.17, 15) is 8.42 Å². The maximum absolute atomic E-state index is 12.5. The summed E-state index contributed by atoms with van der Waals surface area (Å²) in [7, 11) is -1.90. The molecule has 2 aromatic heterocycles. The smallest absolute Gasteiger partial charge is 0.244 e. The van der Waals surface area contributed by atoms with Crippen LogP contribution in [0.15, 0.2) is 11.0 Å². The van der Waals surface area contributed by atoms with Crippen LogP contribution in [0.3, 0.4) is 0 Å². The van der Waals surface area contributed by atoms with Crippen molar-refractivity contribution in [1.82, 2.24) is 24.3 Å². The predicted molar refractivity (Wildman–Crippen MR) is 79.0 cm³/mol. The lowest BCUT2D eigenvalue weighted by Crippen LogP contribution is -2.24. The van der Waals surface area contributed by atoms with E-state index in [1.54, 1.807) is 36.3 Å². The number of ether oxygens (including phenoxy) is 1. The molecule has 3 rings (SSSR count). The van der Waals surface area contributed by atoms with Gasteiger partial charge in [0.05, 0.1) is 30.2 Å². The van der Waals surface area contributed by atoms with Crippen molar-refractivity contribution in [3.63, 3.8) is 0 Å². The summed E-state index contributed by atoms with van der Waals surface area (Å²) in [5, 5.41) is 8.48. The summed E-state index contributed by atoms with van der Waals surface area (Å²) in [5.74, 6) is 0.689. The number of sulfonamides is 1. The Morgan fingerprint density at radius 3 is 2.77 bits per heavy atom. The lowest BCUT2D eigenvalue weighted by Gasteiger charge is -2.13. The third-order valence-corrected chi connectivity index (χ3v) is 5.37. The van der Waals surface area contributed by atoms with Crippen LogP contribution in [-0.2, 0) is 30.2 Å². The van der Waals surface area contributed by atoms with E-state index < -0.39 is 10.0 Å². The third kappa shape index (κ3) is 2.61. The highest BCUT2D eigenvalue weighted by molar-refractivity contribution is 7.89. The van der Waals surface area contributed by atoms with Crippen molar-refractivity contribution in [2.24, 2.45) is 7.05 Å². The fraction of sp³-hybridized carbons (Fsp3) is 0.538. The van der Waals surface area contributed by atoms with Gasteiger partial charge in [-0.05, 0) is 13.8 Å². The standard InChI is InChI=1S/C13H19N5O3S/c1-9-13(10(2)17(3)15-9)22(19,20)14-8-11-7-12-18(16-11)5-4-6-21-12/h7,14H,4-6,8H2,1-3H3. The molecule has 0 bridgehead atoms. The van der Waals surface area contributed by atoms with E-state index in [1.807, 2.05) is 0 Å². The van der Waals surface area contributed by atoms with Gasteiger partial charge in [-0.15, -0.1) is 0 Å². The van der Waals surface area contributed by atoms with E-state index in [0.717, 1.165) is 13.0 Å². The highest BCUT2D eigenvalue weighted by Gasteiger charge is 2.24. The average molecular weight is 325 g/mol. The van der Waals surface area contributed by atoms with E-state index in [2.05, 4.69) is 14.9 Å². The number of aromatic nitrogens is 4. The third-order valence-electron chi connectivity index (χ3n) is 3.71. The van der Waals surface area contributed by atoms with Crippen LogP contribution in [0.4, 0.5) is 0 Å². The molecule has 0 fully saturated rings. The van der Waals surface area contributed by atoms with Gasteiger partial charge in [0.25, 0.3) is 0 Å². The summed E-state index contributed by atoms with van der Waals surface area (Å²) < 4.78 is 36.3. The van der Waals surface area contributed by atoms with Crippen molar-refractivity contribution in [3.05, 3.63) is 23.1 Å². The SMILES string of the molecule is Cc1nn(C)c(C)c1S(=O)(=O)NCc1cc2n(n1)CCCO2. The topological polar surface area (TPSA) is 91.0 Å². The van der Waals surface area contributed by atoms with Crippen LogP contribution in [0.5, 0.6) is 5.88 Å². The van der Waals surface area contributed by atoms with Gasteiger partial charge in [0.15, 0.2) is 0 Å². The first-order chi connectivity index (χ1) is 10.4. The number of fused-ring (bicyclic) bond motifs is 1. The Bertz CT molecular complexity index is 782. The number of hydrogen-bond acceptors (Lipinski definition) is 5. The van der Waals surface area contributed by atoms with E-state index in [-0.39, 0.29) is 11.4 Å². The second kappa shape index (κ2) is 5.40. The molecule has 0 aromatic carbocycles. The molecule has 2 aromatic rings. The molecule has 0 spiro atoms. The van der Waals surface area contributed by atoms with Gasteiger partial charge >= 0.3 is 0 Å². The van der Waals surface area contributed by atoms with Crippen molar-refractivity contribution in [1.29, 1.82) is 0 Å². The molecule has 0 saturated heterocycles. The van der Waals surface area contributed by atoms with Crippen molar-refractivity contribution in [2.45, 2.75) is 38.3 Å².